The molecule has 1 aromatic rings. The number of hydrogen-bond acceptors (Lipinski definition) is 2. The lowest BCUT2D eigenvalue weighted by molar-refractivity contribution is -0.146. The van der Waals surface area contributed by atoms with Crippen molar-refractivity contribution in [2.24, 2.45) is 7.05 Å². The molecule has 13 heavy (non-hydrogen) atoms. The lowest BCUT2D eigenvalue weighted by Gasteiger charge is -2.07. The zero-order valence-corrected chi connectivity index (χ0v) is 7.19. The summed E-state index contributed by atoms with van der Waals surface area (Å²) in [6.07, 6.45) is -3.95. The normalized spacial score (nSPS) is 14.5. The fraction of sp³-hybridized carbons (Fsp3) is 0.400. The summed E-state index contributed by atoms with van der Waals surface area (Å²) in [7, 11) is 1.05. The average molecular weight is 214 g/mol. The minimum atomic E-state index is -4.67. The third kappa shape index (κ3) is 1.89. The van der Waals surface area contributed by atoms with Crippen LogP contribution >= 0.6 is 0 Å². The fourth-order valence-corrected chi connectivity index (χ4v) is 1.42. The molecule has 4 nitrogen and oxygen atoms in total. The first kappa shape index (κ1) is 10.2. The van der Waals surface area contributed by atoms with Crippen LogP contribution in [0.25, 0.3) is 0 Å². The van der Waals surface area contributed by atoms with Crippen LogP contribution in [0.15, 0.2) is 11.1 Å². The maximum Gasteiger partial charge on any atom is 0.434 e. The molecule has 8 heteroatoms. The molecule has 1 aromatic heterocycles. The van der Waals surface area contributed by atoms with Crippen molar-refractivity contribution < 1.29 is 21.9 Å². The Hall–Kier alpha value is -0.890. The lowest BCUT2D eigenvalue weighted by atomic mass is 10.4. The first-order chi connectivity index (χ1) is 5.84. The maximum atomic E-state index is 12.2. The van der Waals surface area contributed by atoms with Gasteiger partial charge in [0.05, 0.1) is 6.20 Å². The van der Waals surface area contributed by atoms with E-state index in [9.17, 15) is 17.4 Å². The smallest absolute Gasteiger partial charge is 0.302 e. The molecule has 0 spiro atoms. The van der Waals surface area contributed by atoms with Gasteiger partial charge < -0.3 is 4.55 Å². The monoisotopic (exact) mass is 214 g/mol. The summed E-state index contributed by atoms with van der Waals surface area (Å²) >= 11 is -2.67. The highest BCUT2D eigenvalue weighted by Crippen LogP contribution is 2.32. The van der Waals surface area contributed by atoms with Crippen LogP contribution in [0.1, 0.15) is 5.69 Å². The van der Waals surface area contributed by atoms with Gasteiger partial charge in [-0.2, -0.15) is 18.3 Å². The van der Waals surface area contributed by atoms with E-state index < -0.39 is 27.8 Å². The van der Waals surface area contributed by atoms with Crippen LogP contribution in [0.2, 0.25) is 0 Å². The summed E-state index contributed by atoms with van der Waals surface area (Å²) in [4.78, 5) is -0.727. The van der Waals surface area contributed by atoms with Crippen molar-refractivity contribution in [1.29, 1.82) is 0 Å². The Balaban J connectivity index is 3.33. The van der Waals surface area contributed by atoms with E-state index in [0.717, 1.165) is 13.2 Å². The Bertz CT molecular complexity index is 346. The maximum absolute atomic E-state index is 12.2. The van der Waals surface area contributed by atoms with E-state index >= 15 is 0 Å². The van der Waals surface area contributed by atoms with Gasteiger partial charge in [-0.25, -0.2) is 4.21 Å². The predicted octanol–water partition coefficient (Wildman–Crippen LogP) is 1.02. The second-order valence-electron chi connectivity index (χ2n) is 2.23. The molecule has 0 aliphatic carbocycles. The van der Waals surface area contributed by atoms with Gasteiger partial charge in [0.15, 0.2) is 16.8 Å². The second kappa shape index (κ2) is 3.11. The molecular weight excluding hydrogens is 209 g/mol. The van der Waals surface area contributed by atoms with Crippen molar-refractivity contribution >= 4 is 11.1 Å². The quantitative estimate of drug-likeness (QED) is 0.710. The van der Waals surface area contributed by atoms with Crippen molar-refractivity contribution in [3.63, 3.8) is 0 Å². The summed E-state index contributed by atoms with van der Waals surface area (Å²) < 4.78 is 56.0. The van der Waals surface area contributed by atoms with Gasteiger partial charge >= 0.3 is 6.18 Å². The number of alkyl halides is 3. The van der Waals surface area contributed by atoms with Gasteiger partial charge in [-0.3, -0.25) is 4.68 Å². The third-order valence-electron chi connectivity index (χ3n) is 1.36. The molecule has 1 unspecified atom stereocenters. The SMILES string of the molecule is Cn1ncc(S(=O)O)c1C(F)(F)F. The minimum absolute atomic E-state index is 0.517. The van der Waals surface area contributed by atoms with Gasteiger partial charge in [0, 0.05) is 7.05 Å². The molecule has 0 aliphatic rings. The Morgan fingerprint density at radius 3 is 2.46 bits per heavy atom. The Morgan fingerprint density at radius 2 is 2.15 bits per heavy atom. The summed E-state index contributed by atoms with van der Waals surface area (Å²) in [5.41, 5.74) is -1.20. The number of rotatable bonds is 1. The first-order valence-corrected chi connectivity index (χ1v) is 4.14. The zero-order valence-electron chi connectivity index (χ0n) is 6.37. The van der Waals surface area contributed by atoms with Crippen LogP contribution < -0.4 is 0 Å². The van der Waals surface area contributed by atoms with E-state index in [1.165, 1.54) is 0 Å². The highest BCUT2D eigenvalue weighted by Gasteiger charge is 2.38. The molecule has 0 amide bonds. The number of aromatic nitrogens is 2. The van der Waals surface area contributed by atoms with Crippen molar-refractivity contribution in [2.45, 2.75) is 11.1 Å². The molecule has 0 aliphatic heterocycles. The molecule has 0 saturated heterocycles. The van der Waals surface area contributed by atoms with Gasteiger partial charge in [0.25, 0.3) is 0 Å². The van der Waals surface area contributed by atoms with Crippen molar-refractivity contribution in [3.8, 4) is 0 Å². The molecule has 0 saturated carbocycles. The largest absolute Gasteiger partial charge is 0.434 e. The van der Waals surface area contributed by atoms with Crippen molar-refractivity contribution in [2.75, 3.05) is 0 Å². The number of halogens is 3. The van der Waals surface area contributed by atoms with E-state index in [-0.39, 0.29) is 0 Å². The van der Waals surface area contributed by atoms with Crippen LogP contribution in [0, 0.1) is 0 Å². The van der Waals surface area contributed by atoms with Gasteiger partial charge in [-0.05, 0) is 0 Å². The molecular formula is C5H5F3N2O2S. The summed E-state index contributed by atoms with van der Waals surface area (Å²) in [5, 5.41) is 3.25. The highest BCUT2D eigenvalue weighted by atomic mass is 32.2. The number of aryl methyl sites for hydroxylation is 1. The fourth-order valence-electron chi connectivity index (χ4n) is 0.868. The van der Waals surface area contributed by atoms with Crippen LogP contribution in [0.4, 0.5) is 13.2 Å². The van der Waals surface area contributed by atoms with Crippen LogP contribution in [-0.2, 0) is 24.3 Å². The minimum Gasteiger partial charge on any atom is -0.302 e. The molecule has 0 fully saturated rings. The zero-order chi connectivity index (χ0) is 10.2. The molecule has 1 heterocycles. The number of nitrogens with zero attached hydrogens (tertiary/aromatic N) is 2. The predicted molar refractivity (Wildman–Crippen MR) is 37.2 cm³/mol. The first-order valence-electron chi connectivity index (χ1n) is 3.04. The second-order valence-corrected chi connectivity index (χ2v) is 3.17. The lowest BCUT2D eigenvalue weighted by Crippen LogP contribution is -2.14. The molecule has 1 rings (SSSR count). The molecule has 74 valence electrons. The van der Waals surface area contributed by atoms with E-state index in [1.807, 2.05) is 0 Å². The van der Waals surface area contributed by atoms with Crippen molar-refractivity contribution in [3.05, 3.63) is 11.9 Å². The summed E-state index contributed by atoms with van der Waals surface area (Å²) in [5.74, 6) is 0. The van der Waals surface area contributed by atoms with Crippen LogP contribution in [-0.4, -0.2) is 18.5 Å². The van der Waals surface area contributed by atoms with E-state index in [2.05, 4.69) is 5.10 Å². The highest BCUT2D eigenvalue weighted by molar-refractivity contribution is 7.79. The molecule has 0 aromatic carbocycles. The Labute approximate surface area is 73.6 Å². The topological polar surface area (TPSA) is 55.1 Å². The molecule has 0 bridgehead atoms. The van der Waals surface area contributed by atoms with Gasteiger partial charge in [-0.1, -0.05) is 0 Å². The van der Waals surface area contributed by atoms with Crippen molar-refractivity contribution in [1.82, 2.24) is 9.78 Å². The van der Waals surface area contributed by atoms with E-state index in [4.69, 9.17) is 4.55 Å². The third-order valence-corrected chi connectivity index (χ3v) is 2.04. The van der Waals surface area contributed by atoms with Gasteiger partial charge in [-0.15, -0.1) is 0 Å². The molecule has 1 N–H and O–H groups in total. The molecule has 0 radical (unpaired) electrons. The standard InChI is InChI=1S/C5H5F3N2O2S/c1-10-4(5(6,7)8)3(2-9-10)13(11)12/h2H,1H3,(H,11,12). The van der Waals surface area contributed by atoms with Gasteiger partial charge in [0.2, 0.25) is 0 Å². The van der Waals surface area contributed by atoms with Crippen LogP contribution in [0.5, 0.6) is 0 Å². The summed E-state index contributed by atoms with van der Waals surface area (Å²) in [6, 6.07) is 0. The summed E-state index contributed by atoms with van der Waals surface area (Å²) in [6.45, 7) is 0. The number of hydrogen-bond donors (Lipinski definition) is 1. The van der Waals surface area contributed by atoms with Crippen LogP contribution in [0.3, 0.4) is 0 Å². The van der Waals surface area contributed by atoms with E-state index in [0.29, 0.717) is 4.68 Å². The average Bonchev–Trinajstić information content (AvgIpc) is 2.28. The van der Waals surface area contributed by atoms with E-state index in [1.54, 1.807) is 0 Å². The molecule has 1 atom stereocenters. The van der Waals surface area contributed by atoms with Gasteiger partial charge in [0.1, 0.15) is 4.90 Å². The Kier molecular flexibility index (Phi) is 2.44. The Morgan fingerprint density at radius 1 is 1.62 bits per heavy atom.